The van der Waals surface area contributed by atoms with Gasteiger partial charge < -0.3 is 10.2 Å². The van der Waals surface area contributed by atoms with Crippen LogP contribution < -0.4 is 5.32 Å². The van der Waals surface area contributed by atoms with Crippen molar-refractivity contribution in [3.05, 3.63) is 17.5 Å². The first-order valence-electron chi connectivity index (χ1n) is 7.97. The summed E-state index contributed by atoms with van der Waals surface area (Å²) in [6.07, 6.45) is 2.34. The molecule has 1 aliphatic heterocycles. The molecule has 1 aromatic heterocycles. The number of likely N-dealkylation sites (tertiary alicyclic amines) is 1. The SMILES string of the molecule is Cc1cc(C(=O)NCCCN2CC(C)CC(C)C2)n(C)n1. The van der Waals surface area contributed by atoms with E-state index in [0.717, 1.165) is 37.0 Å². The van der Waals surface area contributed by atoms with Crippen LogP contribution >= 0.6 is 0 Å². The standard InChI is InChI=1S/C16H28N4O/c1-12-8-13(2)11-20(10-12)7-5-6-17-16(21)15-9-14(3)18-19(15)4/h9,12-13H,5-8,10-11H2,1-4H3,(H,17,21). The van der Waals surface area contributed by atoms with Gasteiger partial charge in [-0.1, -0.05) is 13.8 Å². The smallest absolute Gasteiger partial charge is 0.269 e. The summed E-state index contributed by atoms with van der Waals surface area (Å²) < 4.78 is 1.64. The van der Waals surface area contributed by atoms with Crippen molar-refractivity contribution in [1.29, 1.82) is 0 Å². The maximum atomic E-state index is 12.0. The second kappa shape index (κ2) is 7.07. The minimum atomic E-state index is -0.0292. The molecule has 0 bridgehead atoms. The Labute approximate surface area is 127 Å². The van der Waals surface area contributed by atoms with Crippen LogP contribution in [0, 0.1) is 18.8 Å². The third-order valence-corrected chi connectivity index (χ3v) is 4.12. The average molecular weight is 292 g/mol. The highest BCUT2D eigenvalue weighted by atomic mass is 16.2. The molecule has 1 aliphatic rings. The Kier molecular flexibility index (Phi) is 5.39. The summed E-state index contributed by atoms with van der Waals surface area (Å²) in [5.41, 5.74) is 1.51. The maximum absolute atomic E-state index is 12.0. The predicted molar refractivity (Wildman–Crippen MR) is 84.3 cm³/mol. The van der Waals surface area contributed by atoms with E-state index in [1.54, 1.807) is 11.7 Å². The number of carbonyl (C=O) groups excluding carboxylic acids is 1. The third kappa shape index (κ3) is 4.56. The van der Waals surface area contributed by atoms with E-state index in [-0.39, 0.29) is 5.91 Å². The first kappa shape index (κ1) is 16.0. The summed E-state index contributed by atoms with van der Waals surface area (Å²) in [6.45, 7) is 10.7. The van der Waals surface area contributed by atoms with Gasteiger partial charge in [-0.2, -0.15) is 5.10 Å². The number of aromatic nitrogens is 2. The molecular weight excluding hydrogens is 264 g/mol. The van der Waals surface area contributed by atoms with Crippen LogP contribution in [0.4, 0.5) is 0 Å². The van der Waals surface area contributed by atoms with E-state index >= 15 is 0 Å². The molecule has 2 heterocycles. The van der Waals surface area contributed by atoms with Gasteiger partial charge in [0.1, 0.15) is 5.69 Å². The largest absolute Gasteiger partial charge is 0.351 e. The van der Waals surface area contributed by atoms with Gasteiger partial charge in [-0.15, -0.1) is 0 Å². The molecular formula is C16H28N4O. The van der Waals surface area contributed by atoms with Gasteiger partial charge in [-0.05, 0) is 44.2 Å². The number of rotatable bonds is 5. The third-order valence-electron chi connectivity index (χ3n) is 4.12. The van der Waals surface area contributed by atoms with Crippen LogP contribution in [-0.2, 0) is 7.05 Å². The number of nitrogens with zero attached hydrogens (tertiary/aromatic N) is 3. The Morgan fingerprint density at radius 2 is 2.05 bits per heavy atom. The second-order valence-corrected chi connectivity index (χ2v) is 6.61. The lowest BCUT2D eigenvalue weighted by Gasteiger charge is -2.34. The number of hydrogen-bond donors (Lipinski definition) is 1. The zero-order valence-corrected chi connectivity index (χ0v) is 13.7. The number of hydrogen-bond acceptors (Lipinski definition) is 3. The topological polar surface area (TPSA) is 50.2 Å². The fourth-order valence-corrected chi connectivity index (χ4v) is 3.39. The molecule has 5 heteroatoms. The van der Waals surface area contributed by atoms with Gasteiger partial charge in [0, 0.05) is 26.7 Å². The number of nitrogens with one attached hydrogen (secondary N) is 1. The quantitative estimate of drug-likeness (QED) is 0.842. The van der Waals surface area contributed by atoms with Crippen LogP contribution in [0.25, 0.3) is 0 Å². The van der Waals surface area contributed by atoms with E-state index in [4.69, 9.17) is 0 Å². The monoisotopic (exact) mass is 292 g/mol. The molecule has 5 nitrogen and oxygen atoms in total. The summed E-state index contributed by atoms with van der Waals surface area (Å²) >= 11 is 0. The van der Waals surface area contributed by atoms with Crippen molar-refractivity contribution in [3.63, 3.8) is 0 Å². The molecule has 0 aliphatic carbocycles. The Balaban J connectivity index is 1.70. The van der Waals surface area contributed by atoms with E-state index in [9.17, 15) is 4.79 Å². The normalized spacial score (nSPS) is 23.2. The summed E-state index contributed by atoms with van der Waals surface area (Å²) in [5, 5.41) is 7.19. The molecule has 1 fully saturated rings. The van der Waals surface area contributed by atoms with Crippen molar-refractivity contribution < 1.29 is 4.79 Å². The van der Waals surface area contributed by atoms with Crippen molar-refractivity contribution in [2.24, 2.45) is 18.9 Å². The van der Waals surface area contributed by atoms with Crippen molar-refractivity contribution >= 4 is 5.91 Å². The summed E-state index contributed by atoms with van der Waals surface area (Å²) in [6, 6.07) is 1.82. The highest BCUT2D eigenvalue weighted by Crippen LogP contribution is 2.20. The second-order valence-electron chi connectivity index (χ2n) is 6.61. The van der Waals surface area contributed by atoms with Crippen LogP contribution in [-0.4, -0.2) is 46.8 Å². The number of aryl methyl sites for hydroxylation is 2. The zero-order valence-electron chi connectivity index (χ0n) is 13.7. The summed E-state index contributed by atoms with van der Waals surface area (Å²) in [7, 11) is 1.80. The van der Waals surface area contributed by atoms with Crippen LogP contribution in [0.3, 0.4) is 0 Å². The molecule has 2 unspecified atom stereocenters. The lowest BCUT2D eigenvalue weighted by molar-refractivity contribution is 0.0938. The molecule has 1 N–H and O–H groups in total. The van der Waals surface area contributed by atoms with Gasteiger partial charge in [0.25, 0.3) is 5.91 Å². The summed E-state index contributed by atoms with van der Waals surface area (Å²) in [5.74, 6) is 1.56. The van der Waals surface area contributed by atoms with E-state index in [2.05, 4.69) is 29.2 Å². The van der Waals surface area contributed by atoms with Crippen molar-refractivity contribution in [2.75, 3.05) is 26.2 Å². The van der Waals surface area contributed by atoms with Gasteiger partial charge in [-0.3, -0.25) is 9.48 Å². The van der Waals surface area contributed by atoms with Gasteiger partial charge in [0.05, 0.1) is 5.69 Å². The first-order valence-corrected chi connectivity index (χ1v) is 7.97. The van der Waals surface area contributed by atoms with Crippen molar-refractivity contribution in [1.82, 2.24) is 20.0 Å². The van der Waals surface area contributed by atoms with Crippen LogP contribution in [0.1, 0.15) is 42.9 Å². The molecule has 0 saturated carbocycles. The Bertz CT molecular complexity index is 473. The molecule has 118 valence electrons. The molecule has 1 aromatic rings. The molecule has 21 heavy (non-hydrogen) atoms. The summed E-state index contributed by atoms with van der Waals surface area (Å²) in [4.78, 5) is 14.6. The minimum absolute atomic E-state index is 0.0292. The van der Waals surface area contributed by atoms with Crippen LogP contribution in [0.15, 0.2) is 6.07 Å². The fourth-order valence-electron chi connectivity index (χ4n) is 3.39. The fraction of sp³-hybridized carbons (Fsp3) is 0.750. The number of piperidine rings is 1. The van der Waals surface area contributed by atoms with E-state index in [1.165, 1.54) is 19.5 Å². The molecule has 0 radical (unpaired) electrons. The average Bonchev–Trinajstić information content (AvgIpc) is 2.72. The van der Waals surface area contributed by atoms with Gasteiger partial charge in [0.2, 0.25) is 0 Å². The number of amides is 1. The van der Waals surface area contributed by atoms with Gasteiger partial charge in [0.15, 0.2) is 0 Å². The molecule has 2 atom stereocenters. The Morgan fingerprint density at radius 3 is 2.62 bits per heavy atom. The van der Waals surface area contributed by atoms with E-state index in [1.807, 2.05) is 13.0 Å². The molecule has 1 saturated heterocycles. The van der Waals surface area contributed by atoms with Crippen LogP contribution in [0.5, 0.6) is 0 Å². The van der Waals surface area contributed by atoms with Gasteiger partial charge >= 0.3 is 0 Å². The Morgan fingerprint density at radius 1 is 1.38 bits per heavy atom. The van der Waals surface area contributed by atoms with Crippen molar-refractivity contribution in [2.45, 2.75) is 33.6 Å². The van der Waals surface area contributed by atoms with Gasteiger partial charge in [-0.25, -0.2) is 0 Å². The lowest BCUT2D eigenvalue weighted by Crippen LogP contribution is -2.40. The molecule has 0 spiro atoms. The van der Waals surface area contributed by atoms with E-state index in [0.29, 0.717) is 5.69 Å². The zero-order chi connectivity index (χ0) is 15.4. The van der Waals surface area contributed by atoms with E-state index < -0.39 is 0 Å². The molecule has 2 rings (SSSR count). The highest BCUT2D eigenvalue weighted by molar-refractivity contribution is 5.92. The number of carbonyl (C=O) groups is 1. The van der Waals surface area contributed by atoms with Crippen LogP contribution in [0.2, 0.25) is 0 Å². The predicted octanol–water partition coefficient (Wildman–Crippen LogP) is 1.83. The minimum Gasteiger partial charge on any atom is -0.351 e. The Hall–Kier alpha value is -1.36. The first-order chi connectivity index (χ1) is 9.95. The lowest BCUT2D eigenvalue weighted by atomic mass is 9.92. The molecule has 1 amide bonds. The molecule has 0 aromatic carbocycles. The highest BCUT2D eigenvalue weighted by Gasteiger charge is 2.21. The van der Waals surface area contributed by atoms with Crippen molar-refractivity contribution in [3.8, 4) is 0 Å². The maximum Gasteiger partial charge on any atom is 0.269 e.